The van der Waals surface area contributed by atoms with Gasteiger partial charge < -0.3 is 5.32 Å². The molecule has 0 heterocycles. The zero-order valence-electron chi connectivity index (χ0n) is 10.3. The molecule has 1 atom stereocenters. The summed E-state index contributed by atoms with van der Waals surface area (Å²) < 4.78 is 13.2. The Hall–Kier alpha value is -2.05. The number of benzene rings is 2. The van der Waals surface area contributed by atoms with Gasteiger partial charge in [0.05, 0.1) is 11.6 Å². The molecule has 0 radical (unpaired) electrons. The third kappa shape index (κ3) is 3.46. The van der Waals surface area contributed by atoms with Crippen molar-refractivity contribution in [2.75, 3.05) is 5.32 Å². The summed E-state index contributed by atoms with van der Waals surface area (Å²) in [4.78, 5) is 0. The highest BCUT2D eigenvalue weighted by molar-refractivity contribution is 6.30. The summed E-state index contributed by atoms with van der Waals surface area (Å²) in [7, 11) is 0. The lowest BCUT2D eigenvalue weighted by molar-refractivity contribution is 0.628. The first-order valence-corrected chi connectivity index (χ1v) is 6.19. The number of halogens is 2. The van der Waals surface area contributed by atoms with Crippen molar-refractivity contribution in [3.8, 4) is 6.07 Å². The molecular formula is C15H12ClFN2. The van der Waals surface area contributed by atoms with Crippen LogP contribution in [0.1, 0.15) is 24.1 Å². The van der Waals surface area contributed by atoms with Gasteiger partial charge >= 0.3 is 0 Å². The fourth-order valence-electron chi connectivity index (χ4n) is 1.82. The Bertz CT molecular complexity index is 597. The van der Waals surface area contributed by atoms with Gasteiger partial charge in [0.2, 0.25) is 0 Å². The number of hydrogen-bond acceptors (Lipinski definition) is 2. The van der Waals surface area contributed by atoms with Crippen LogP contribution in [0.15, 0.2) is 42.5 Å². The molecule has 4 heteroatoms. The quantitative estimate of drug-likeness (QED) is 0.893. The molecule has 0 saturated carbocycles. The Kier molecular flexibility index (Phi) is 4.03. The van der Waals surface area contributed by atoms with E-state index in [1.54, 1.807) is 18.2 Å². The van der Waals surface area contributed by atoms with Gasteiger partial charge in [0.1, 0.15) is 5.82 Å². The van der Waals surface area contributed by atoms with Crippen LogP contribution in [0.4, 0.5) is 10.1 Å². The van der Waals surface area contributed by atoms with E-state index in [1.807, 2.05) is 19.1 Å². The van der Waals surface area contributed by atoms with Crippen molar-refractivity contribution >= 4 is 17.3 Å². The van der Waals surface area contributed by atoms with Gasteiger partial charge in [0.25, 0.3) is 0 Å². The number of nitrogens with one attached hydrogen (secondary N) is 1. The maximum absolute atomic E-state index is 13.2. The topological polar surface area (TPSA) is 35.8 Å². The van der Waals surface area contributed by atoms with E-state index >= 15 is 0 Å². The molecule has 0 amide bonds. The van der Waals surface area contributed by atoms with Crippen LogP contribution < -0.4 is 5.32 Å². The monoisotopic (exact) mass is 274 g/mol. The molecule has 2 aromatic carbocycles. The Labute approximate surface area is 116 Å². The summed E-state index contributed by atoms with van der Waals surface area (Å²) in [6, 6.07) is 13.6. The van der Waals surface area contributed by atoms with Crippen LogP contribution in [-0.4, -0.2) is 0 Å². The van der Waals surface area contributed by atoms with Gasteiger partial charge in [-0.2, -0.15) is 5.26 Å². The number of rotatable bonds is 3. The lowest BCUT2D eigenvalue weighted by Crippen LogP contribution is -2.06. The third-order valence-corrected chi connectivity index (χ3v) is 3.00. The molecule has 0 bridgehead atoms. The average molecular weight is 275 g/mol. The number of hydrogen-bond donors (Lipinski definition) is 1. The van der Waals surface area contributed by atoms with E-state index in [9.17, 15) is 4.39 Å². The summed E-state index contributed by atoms with van der Waals surface area (Å²) in [5.74, 6) is -0.373. The molecule has 2 rings (SSSR count). The second kappa shape index (κ2) is 5.73. The molecule has 96 valence electrons. The van der Waals surface area contributed by atoms with E-state index in [2.05, 4.69) is 11.4 Å². The van der Waals surface area contributed by atoms with Gasteiger partial charge in [0.15, 0.2) is 0 Å². The summed E-state index contributed by atoms with van der Waals surface area (Å²) >= 11 is 5.80. The lowest BCUT2D eigenvalue weighted by Gasteiger charge is -2.16. The average Bonchev–Trinajstić information content (AvgIpc) is 2.37. The standard InChI is InChI=1S/C15H12ClFN2/c1-10(12-4-2-11(9-18)3-5-12)19-15-7-13(16)6-14(17)8-15/h2-8,10,19H,1H3. The highest BCUT2D eigenvalue weighted by atomic mass is 35.5. The van der Waals surface area contributed by atoms with Crippen LogP contribution in [0, 0.1) is 17.1 Å². The molecule has 0 spiro atoms. The minimum Gasteiger partial charge on any atom is -0.378 e. The van der Waals surface area contributed by atoms with Crippen molar-refractivity contribution < 1.29 is 4.39 Å². The molecule has 0 aliphatic rings. The molecule has 0 aliphatic carbocycles. The first-order valence-electron chi connectivity index (χ1n) is 5.81. The van der Waals surface area contributed by atoms with Crippen molar-refractivity contribution in [2.24, 2.45) is 0 Å². The lowest BCUT2D eigenvalue weighted by atomic mass is 10.1. The van der Waals surface area contributed by atoms with Gasteiger partial charge in [-0.3, -0.25) is 0 Å². The molecule has 1 N–H and O–H groups in total. The van der Waals surface area contributed by atoms with Crippen molar-refractivity contribution in [1.82, 2.24) is 0 Å². The normalized spacial score (nSPS) is 11.7. The number of nitrogens with zero attached hydrogens (tertiary/aromatic N) is 1. The molecule has 0 aromatic heterocycles. The second-order valence-corrected chi connectivity index (χ2v) is 4.69. The van der Waals surface area contributed by atoms with E-state index in [4.69, 9.17) is 16.9 Å². The minimum atomic E-state index is -0.373. The molecule has 2 nitrogen and oxygen atoms in total. The predicted molar refractivity (Wildman–Crippen MR) is 74.6 cm³/mol. The molecule has 0 aliphatic heterocycles. The zero-order valence-corrected chi connectivity index (χ0v) is 11.1. The smallest absolute Gasteiger partial charge is 0.126 e. The van der Waals surface area contributed by atoms with Crippen molar-refractivity contribution in [3.63, 3.8) is 0 Å². The molecule has 1 unspecified atom stereocenters. The van der Waals surface area contributed by atoms with Crippen molar-refractivity contribution in [3.05, 3.63) is 64.4 Å². The third-order valence-electron chi connectivity index (χ3n) is 2.79. The van der Waals surface area contributed by atoms with Crippen LogP contribution in [-0.2, 0) is 0 Å². The highest BCUT2D eigenvalue weighted by Gasteiger charge is 2.07. The largest absolute Gasteiger partial charge is 0.378 e. The van der Waals surface area contributed by atoms with Gasteiger partial charge in [-0.15, -0.1) is 0 Å². The summed E-state index contributed by atoms with van der Waals surface area (Å²) in [5.41, 5.74) is 2.26. The maximum Gasteiger partial charge on any atom is 0.126 e. The van der Waals surface area contributed by atoms with E-state index < -0.39 is 0 Å². The number of anilines is 1. The zero-order chi connectivity index (χ0) is 13.8. The highest BCUT2D eigenvalue weighted by Crippen LogP contribution is 2.23. The van der Waals surface area contributed by atoms with E-state index in [-0.39, 0.29) is 11.9 Å². The van der Waals surface area contributed by atoms with Gasteiger partial charge in [0, 0.05) is 16.8 Å². The van der Waals surface area contributed by atoms with E-state index in [0.717, 1.165) is 5.56 Å². The van der Waals surface area contributed by atoms with Crippen LogP contribution in [0.5, 0.6) is 0 Å². The van der Waals surface area contributed by atoms with E-state index in [1.165, 1.54) is 12.1 Å². The first-order chi connectivity index (χ1) is 9.08. The first kappa shape index (κ1) is 13.4. The van der Waals surface area contributed by atoms with Gasteiger partial charge in [-0.1, -0.05) is 23.7 Å². The Morgan fingerprint density at radius 1 is 1.21 bits per heavy atom. The van der Waals surface area contributed by atoms with Crippen LogP contribution in [0.25, 0.3) is 0 Å². The van der Waals surface area contributed by atoms with Crippen molar-refractivity contribution in [1.29, 1.82) is 5.26 Å². The van der Waals surface area contributed by atoms with Crippen LogP contribution in [0.3, 0.4) is 0 Å². The van der Waals surface area contributed by atoms with Crippen LogP contribution >= 0.6 is 11.6 Å². The fraction of sp³-hybridized carbons (Fsp3) is 0.133. The summed E-state index contributed by atoms with van der Waals surface area (Å²) in [6.07, 6.45) is 0. The van der Waals surface area contributed by atoms with Crippen molar-refractivity contribution in [2.45, 2.75) is 13.0 Å². The molecular weight excluding hydrogens is 263 g/mol. The Morgan fingerprint density at radius 2 is 1.89 bits per heavy atom. The fourth-order valence-corrected chi connectivity index (χ4v) is 2.04. The summed E-state index contributed by atoms with van der Waals surface area (Å²) in [6.45, 7) is 1.96. The van der Waals surface area contributed by atoms with E-state index in [0.29, 0.717) is 16.3 Å². The van der Waals surface area contributed by atoms with Gasteiger partial charge in [-0.05, 0) is 42.8 Å². The molecule has 0 saturated heterocycles. The molecule has 19 heavy (non-hydrogen) atoms. The molecule has 2 aromatic rings. The SMILES string of the molecule is CC(Nc1cc(F)cc(Cl)c1)c1ccc(C#N)cc1. The maximum atomic E-state index is 13.2. The second-order valence-electron chi connectivity index (χ2n) is 4.26. The Morgan fingerprint density at radius 3 is 2.47 bits per heavy atom. The number of nitriles is 1. The molecule has 0 fully saturated rings. The Balaban J connectivity index is 2.15. The van der Waals surface area contributed by atoms with Gasteiger partial charge in [-0.25, -0.2) is 4.39 Å². The van der Waals surface area contributed by atoms with Crippen LogP contribution in [0.2, 0.25) is 5.02 Å². The summed E-state index contributed by atoms with van der Waals surface area (Å²) in [5, 5.41) is 12.3. The predicted octanol–water partition coefficient (Wildman–Crippen LogP) is 4.52. The minimum absolute atomic E-state index is 0.00869.